The Balaban J connectivity index is 1.79. The fourth-order valence-corrected chi connectivity index (χ4v) is 2.87. The van der Waals surface area contributed by atoms with E-state index >= 15 is 0 Å². The largest absolute Gasteiger partial charge is 0.491 e. The summed E-state index contributed by atoms with van der Waals surface area (Å²) in [5.74, 6) is 1.81. The van der Waals surface area contributed by atoms with Crippen molar-refractivity contribution in [1.29, 1.82) is 0 Å². The van der Waals surface area contributed by atoms with Crippen molar-refractivity contribution < 1.29 is 4.74 Å². The van der Waals surface area contributed by atoms with Crippen LogP contribution in [0.4, 0.5) is 0 Å². The Morgan fingerprint density at radius 3 is 2.40 bits per heavy atom. The van der Waals surface area contributed by atoms with Gasteiger partial charge >= 0.3 is 0 Å². The molecule has 0 atom stereocenters. The van der Waals surface area contributed by atoms with Gasteiger partial charge in [-0.05, 0) is 76.4 Å². The van der Waals surface area contributed by atoms with E-state index in [1.54, 1.807) is 0 Å². The highest BCUT2D eigenvalue weighted by Crippen LogP contribution is 2.22. The van der Waals surface area contributed by atoms with Crippen LogP contribution in [-0.4, -0.2) is 30.6 Å². The first-order chi connectivity index (χ1) is 9.67. The third-order valence-corrected chi connectivity index (χ3v) is 3.98. The molecule has 2 N–H and O–H groups in total. The molecule has 0 spiro atoms. The molecule has 0 bridgehead atoms. The molecule has 1 aliphatic rings. The number of piperidine rings is 1. The molecule has 3 heteroatoms. The molecular weight excluding hydrogens is 248 g/mol. The van der Waals surface area contributed by atoms with E-state index in [1.165, 1.54) is 37.9 Å². The van der Waals surface area contributed by atoms with Crippen molar-refractivity contribution in [3.63, 3.8) is 0 Å². The Morgan fingerprint density at radius 2 is 1.85 bits per heavy atom. The number of nitrogens with zero attached hydrogens (tertiary/aromatic N) is 1. The second-order valence-corrected chi connectivity index (χ2v) is 6.11. The molecule has 1 heterocycles. The Bertz CT molecular complexity index is 380. The lowest BCUT2D eigenvalue weighted by atomic mass is 9.93. The molecule has 20 heavy (non-hydrogen) atoms. The Morgan fingerprint density at radius 1 is 1.20 bits per heavy atom. The summed E-state index contributed by atoms with van der Waals surface area (Å²) in [4.78, 5) is 2.55. The van der Waals surface area contributed by atoms with Crippen LogP contribution in [0.2, 0.25) is 0 Å². The standard InChI is InChI=1S/C17H28N2O/c1-14(2)20-17-5-3-16(4-6-17)13-19-11-8-15(7-10-18)9-12-19/h3-6,14-15H,7-13,18H2,1-2H3. The molecule has 1 saturated heterocycles. The predicted octanol–water partition coefficient (Wildman–Crippen LogP) is 3.03. The van der Waals surface area contributed by atoms with Crippen LogP contribution in [0.1, 0.15) is 38.7 Å². The average Bonchev–Trinajstić information content (AvgIpc) is 2.43. The van der Waals surface area contributed by atoms with Crippen LogP contribution in [-0.2, 0) is 6.54 Å². The Kier molecular flexibility index (Phi) is 5.86. The van der Waals surface area contributed by atoms with Crippen molar-refractivity contribution >= 4 is 0 Å². The Labute approximate surface area is 123 Å². The summed E-state index contributed by atoms with van der Waals surface area (Å²) < 4.78 is 5.67. The molecule has 0 unspecified atom stereocenters. The summed E-state index contributed by atoms with van der Waals surface area (Å²) in [6.07, 6.45) is 4.02. The van der Waals surface area contributed by atoms with Gasteiger partial charge in [-0.1, -0.05) is 12.1 Å². The first kappa shape index (κ1) is 15.3. The maximum Gasteiger partial charge on any atom is 0.119 e. The summed E-state index contributed by atoms with van der Waals surface area (Å²) in [5.41, 5.74) is 7.01. The third kappa shape index (κ3) is 4.80. The van der Waals surface area contributed by atoms with E-state index in [-0.39, 0.29) is 6.10 Å². The van der Waals surface area contributed by atoms with Crippen molar-refractivity contribution in [3.8, 4) is 5.75 Å². The zero-order valence-corrected chi connectivity index (χ0v) is 12.8. The second-order valence-electron chi connectivity index (χ2n) is 6.11. The molecule has 1 fully saturated rings. The van der Waals surface area contributed by atoms with Crippen molar-refractivity contribution in [2.45, 2.75) is 45.8 Å². The average molecular weight is 276 g/mol. The van der Waals surface area contributed by atoms with E-state index in [2.05, 4.69) is 43.0 Å². The number of ether oxygens (including phenoxy) is 1. The molecule has 3 nitrogen and oxygen atoms in total. The van der Waals surface area contributed by atoms with Crippen LogP contribution in [0.15, 0.2) is 24.3 Å². The van der Waals surface area contributed by atoms with Gasteiger partial charge in [-0.25, -0.2) is 0 Å². The second kappa shape index (κ2) is 7.65. The first-order valence-electron chi connectivity index (χ1n) is 7.85. The summed E-state index contributed by atoms with van der Waals surface area (Å²) in [5, 5.41) is 0. The van der Waals surface area contributed by atoms with Crippen LogP contribution in [0.25, 0.3) is 0 Å². The molecule has 0 aliphatic carbocycles. The van der Waals surface area contributed by atoms with E-state index in [0.29, 0.717) is 0 Å². The topological polar surface area (TPSA) is 38.5 Å². The minimum Gasteiger partial charge on any atom is -0.491 e. The van der Waals surface area contributed by atoms with Gasteiger partial charge in [-0.15, -0.1) is 0 Å². The van der Waals surface area contributed by atoms with E-state index in [1.807, 2.05) is 0 Å². The van der Waals surface area contributed by atoms with E-state index in [4.69, 9.17) is 10.5 Å². The lowest BCUT2D eigenvalue weighted by molar-refractivity contribution is 0.173. The van der Waals surface area contributed by atoms with Gasteiger partial charge in [-0.2, -0.15) is 0 Å². The maximum atomic E-state index is 5.67. The maximum absolute atomic E-state index is 5.67. The molecule has 1 aromatic rings. The third-order valence-electron chi connectivity index (χ3n) is 3.98. The summed E-state index contributed by atoms with van der Waals surface area (Å²) >= 11 is 0. The number of rotatable bonds is 6. The lowest BCUT2D eigenvalue weighted by Gasteiger charge is -2.31. The van der Waals surface area contributed by atoms with Gasteiger partial charge < -0.3 is 10.5 Å². The highest BCUT2D eigenvalue weighted by Gasteiger charge is 2.18. The highest BCUT2D eigenvalue weighted by molar-refractivity contribution is 5.27. The molecule has 2 rings (SSSR count). The number of benzene rings is 1. The monoisotopic (exact) mass is 276 g/mol. The molecule has 112 valence electrons. The highest BCUT2D eigenvalue weighted by atomic mass is 16.5. The van der Waals surface area contributed by atoms with Gasteiger partial charge in [0.25, 0.3) is 0 Å². The van der Waals surface area contributed by atoms with Crippen LogP contribution < -0.4 is 10.5 Å². The summed E-state index contributed by atoms with van der Waals surface area (Å²) in [6, 6.07) is 8.53. The molecule has 0 saturated carbocycles. The number of hydrogen-bond acceptors (Lipinski definition) is 3. The first-order valence-corrected chi connectivity index (χ1v) is 7.85. The fourth-order valence-electron chi connectivity index (χ4n) is 2.87. The molecule has 0 amide bonds. The predicted molar refractivity (Wildman–Crippen MR) is 83.9 cm³/mol. The van der Waals surface area contributed by atoms with Gasteiger partial charge in [0.2, 0.25) is 0 Å². The summed E-state index contributed by atoms with van der Waals surface area (Å²) in [7, 11) is 0. The van der Waals surface area contributed by atoms with Crippen LogP contribution in [0.3, 0.4) is 0 Å². The summed E-state index contributed by atoms with van der Waals surface area (Å²) in [6.45, 7) is 8.40. The number of nitrogens with two attached hydrogens (primary N) is 1. The number of likely N-dealkylation sites (tertiary alicyclic amines) is 1. The SMILES string of the molecule is CC(C)Oc1ccc(CN2CCC(CCN)CC2)cc1. The Hall–Kier alpha value is -1.06. The zero-order chi connectivity index (χ0) is 14.4. The molecular formula is C17H28N2O. The van der Waals surface area contributed by atoms with Crippen molar-refractivity contribution in [2.24, 2.45) is 11.7 Å². The van der Waals surface area contributed by atoms with E-state index < -0.39 is 0 Å². The van der Waals surface area contributed by atoms with Gasteiger partial charge in [0.05, 0.1) is 6.10 Å². The van der Waals surface area contributed by atoms with Crippen molar-refractivity contribution in [2.75, 3.05) is 19.6 Å². The van der Waals surface area contributed by atoms with Gasteiger partial charge in [0, 0.05) is 6.54 Å². The minimum absolute atomic E-state index is 0.238. The quantitative estimate of drug-likeness (QED) is 0.868. The van der Waals surface area contributed by atoms with Crippen LogP contribution >= 0.6 is 0 Å². The van der Waals surface area contributed by atoms with Crippen molar-refractivity contribution in [1.82, 2.24) is 4.90 Å². The lowest BCUT2D eigenvalue weighted by Crippen LogP contribution is -2.33. The van der Waals surface area contributed by atoms with Crippen LogP contribution in [0.5, 0.6) is 5.75 Å². The van der Waals surface area contributed by atoms with Crippen molar-refractivity contribution in [3.05, 3.63) is 29.8 Å². The number of hydrogen-bond donors (Lipinski definition) is 1. The smallest absolute Gasteiger partial charge is 0.119 e. The van der Waals surface area contributed by atoms with Gasteiger partial charge in [-0.3, -0.25) is 4.90 Å². The minimum atomic E-state index is 0.238. The van der Waals surface area contributed by atoms with Gasteiger partial charge in [0.1, 0.15) is 5.75 Å². The zero-order valence-electron chi connectivity index (χ0n) is 12.8. The van der Waals surface area contributed by atoms with E-state index in [0.717, 1.165) is 24.8 Å². The van der Waals surface area contributed by atoms with E-state index in [9.17, 15) is 0 Å². The fraction of sp³-hybridized carbons (Fsp3) is 0.647. The normalized spacial score (nSPS) is 17.6. The molecule has 1 aliphatic heterocycles. The van der Waals surface area contributed by atoms with Crippen LogP contribution in [0, 0.1) is 5.92 Å². The molecule has 0 aromatic heterocycles. The molecule has 0 radical (unpaired) electrons. The van der Waals surface area contributed by atoms with Gasteiger partial charge in [0.15, 0.2) is 0 Å². The molecule has 1 aromatic carbocycles.